The fourth-order valence-electron chi connectivity index (χ4n) is 2.56. The van der Waals surface area contributed by atoms with E-state index in [1.54, 1.807) is 18.2 Å². The van der Waals surface area contributed by atoms with Crippen molar-refractivity contribution in [1.82, 2.24) is 5.32 Å². The minimum absolute atomic E-state index is 0.125. The van der Waals surface area contributed by atoms with E-state index in [-0.39, 0.29) is 18.6 Å². The van der Waals surface area contributed by atoms with E-state index in [2.05, 4.69) is 16.4 Å². The smallest absolute Gasteiger partial charge is 0.251 e. The quantitative estimate of drug-likeness (QED) is 0.496. The van der Waals surface area contributed by atoms with Crippen molar-refractivity contribution in [3.05, 3.63) is 23.8 Å². The van der Waals surface area contributed by atoms with Crippen molar-refractivity contribution in [3.63, 3.8) is 0 Å². The van der Waals surface area contributed by atoms with Crippen LogP contribution in [0.4, 0.5) is 0 Å². The molecule has 23 heavy (non-hydrogen) atoms. The van der Waals surface area contributed by atoms with E-state index in [1.807, 2.05) is 0 Å². The van der Waals surface area contributed by atoms with Crippen molar-refractivity contribution in [3.8, 4) is 23.8 Å². The van der Waals surface area contributed by atoms with E-state index in [4.69, 9.17) is 21.1 Å². The summed E-state index contributed by atoms with van der Waals surface area (Å²) in [4.78, 5) is 12.4. The number of hydrogen-bond acceptors (Lipinski definition) is 5. The van der Waals surface area contributed by atoms with Crippen molar-refractivity contribution in [2.24, 2.45) is 5.16 Å². The van der Waals surface area contributed by atoms with Crippen molar-refractivity contribution < 1.29 is 19.5 Å². The number of amides is 1. The zero-order chi connectivity index (χ0) is 16.7. The number of carbonyl (C=O) groups is 1. The average molecular weight is 316 g/mol. The number of carbonyl (C=O) groups excluding carboxylic acids is 1. The predicted octanol–water partition coefficient (Wildman–Crippen LogP) is 2.21. The van der Waals surface area contributed by atoms with E-state index in [9.17, 15) is 4.79 Å². The summed E-state index contributed by atoms with van der Waals surface area (Å²) < 4.78 is 10.6. The second-order valence-electron chi connectivity index (χ2n) is 5.22. The van der Waals surface area contributed by atoms with Gasteiger partial charge in [-0.05, 0) is 37.5 Å². The van der Waals surface area contributed by atoms with Gasteiger partial charge in [-0.1, -0.05) is 17.5 Å². The molecule has 2 N–H and O–H groups in total. The Balaban J connectivity index is 2.11. The minimum atomic E-state index is -0.250. The van der Waals surface area contributed by atoms with Crippen LogP contribution in [0, 0.1) is 12.3 Å². The summed E-state index contributed by atoms with van der Waals surface area (Å²) in [6.45, 7) is 0.125. The first-order valence-electron chi connectivity index (χ1n) is 7.45. The number of rotatable bonds is 5. The van der Waals surface area contributed by atoms with Crippen LogP contribution in [0.15, 0.2) is 23.4 Å². The Morgan fingerprint density at radius 2 is 2.30 bits per heavy atom. The maximum Gasteiger partial charge on any atom is 0.251 e. The Morgan fingerprint density at radius 3 is 3.00 bits per heavy atom. The lowest BCUT2D eigenvalue weighted by molar-refractivity contribution is 0.0943. The molecule has 0 bridgehead atoms. The van der Waals surface area contributed by atoms with Crippen LogP contribution in [-0.4, -0.2) is 36.6 Å². The summed E-state index contributed by atoms with van der Waals surface area (Å²) in [5, 5.41) is 15.2. The largest absolute Gasteiger partial charge is 0.493 e. The van der Waals surface area contributed by atoms with Gasteiger partial charge in [0.1, 0.15) is 6.61 Å². The first-order valence-corrected chi connectivity index (χ1v) is 7.45. The summed E-state index contributed by atoms with van der Waals surface area (Å²) in [6.07, 6.45) is 8.60. The standard InChI is InChI=1S/C17H20N2O4/c1-3-10-23-15-9-8-12(11-16(15)22-2)17(20)18-13-6-4-5-7-14(13)19-21/h1,8-9,11,13,21H,4-7,10H2,2H3,(H,18,20). The highest BCUT2D eigenvalue weighted by Gasteiger charge is 2.23. The second kappa shape index (κ2) is 8.08. The highest BCUT2D eigenvalue weighted by molar-refractivity contribution is 5.99. The van der Waals surface area contributed by atoms with Gasteiger partial charge < -0.3 is 20.0 Å². The van der Waals surface area contributed by atoms with E-state index in [0.29, 0.717) is 29.2 Å². The molecule has 1 aromatic carbocycles. The lowest BCUT2D eigenvalue weighted by Crippen LogP contribution is -2.42. The molecule has 1 saturated carbocycles. The second-order valence-corrected chi connectivity index (χ2v) is 5.22. The predicted molar refractivity (Wildman–Crippen MR) is 86.3 cm³/mol. The van der Waals surface area contributed by atoms with Crippen LogP contribution in [-0.2, 0) is 0 Å². The average Bonchev–Trinajstić information content (AvgIpc) is 2.60. The zero-order valence-electron chi connectivity index (χ0n) is 13.0. The summed E-state index contributed by atoms with van der Waals surface area (Å²) >= 11 is 0. The van der Waals surface area contributed by atoms with Gasteiger partial charge in [0.2, 0.25) is 0 Å². The number of methoxy groups -OCH3 is 1. The third-order valence-corrected chi connectivity index (χ3v) is 3.75. The van der Waals surface area contributed by atoms with Gasteiger partial charge in [0, 0.05) is 5.56 Å². The van der Waals surface area contributed by atoms with Gasteiger partial charge in [0.05, 0.1) is 18.9 Å². The van der Waals surface area contributed by atoms with Gasteiger partial charge in [-0.2, -0.15) is 0 Å². The summed E-state index contributed by atoms with van der Waals surface area (Å²) in [5.74, 6) is 3.05. The number of terminal acetylenes is 1. The van der Waals surface area contributed by atoms with E-state index in [0.717, 1.165) is 19.3 Å². The van der Waals surface area contributed by atoms with E-state index < -0.39 is 0 Å². The van der Waals surface area contributed by atoms with Crippen LogP contribution in [0.1, 0.15) is 36.0 Å². The number of nitrogens with zero attached hydrogens (tertiary/aromatic N) is 1. The molecule has 2 rings (SSSR count). The monoisotopic (exact) mass is 316 g/mol. The molecule has 0 heterocycles. The molecule has 0 aliphatic heterocycles. The molecule has 0 aromatic heterocycles. The molecule has 1 amide bonds. The molecule has 1 fully saturated rings. The Labute approximate surface area is 135 Å². The van der Waals surface area contributed by atoms with Crippen molar-refractivity contribution in [2.45, 2.75) is 31.7 Å². The maximum absolute atomic E-state index is 12.4. The molecule has 1 aromatic rings. The SMILES string of the molecule is C#CCOc1ccc(C(=O)NC2CCCCC2=NO)cc1OC. The van der Waals surface area contributed by atoms with Gasteiger partial charge in [-0.3, -0.25) is 4.79 Å². The third kappa shape index (κ3) is 4.16. The third-order valence-electron chi connectivity index (χ3n) is 3.75. The van der Waals surface area contributed by atoms with Gasteiger partial charge in [0.15, 0.2) is 11.5 Å². The topological polar surface area (TPSA) is 80.2 Å². The first kappa shape index (κ1) is 16.7. The summed E-state index contributed by atoms with van der Waals surface area (Å²) in [5.41, 5.74) is 1.06. The lowest BCUT2D eigenvalue weighted by Gasteiger charge is -2.24. The molecule has 1 atom stereocenters. The molecule has 1 unspecified atom stereocenters. The fraction of sp³-hybridized carbons (Fsp3) is 0.412. The Hall–Kier alpha value is -2.68. The maximum atomic E-state index is 12.4. The highest BCUT2D eigenvalue weighted by Crippen LogP contribution is 2.28. The van der Waals surface area contributed by atoms with Gasteiger partial charge in [-0.15, -0.1) is 6.42 Å². The molecule has 0 spiro atoms. The van der Waals surface area contributed by atoms with Crippen LogP contribution >= 0.6 is 0 Å². The number of ether oxygens (including phenoxy) is 2. The molecular weight excluding hydrogens is 296 g/mol. The van der Waals surface area contributed by atoms with E-state index >= 15 is 0 Å². The number of hydrogen-bond donors (Lipinski definition) is 2. The first-order chi connectivity index (χ1) is 11.2. The van der Waals surface area contributed by atoms with Crippen molar-refractivity contribution in [2.75, 3.05) is 13.7 Å². The van der Waals surface area contributed by atoms with Crippen LogP contribution in [0.2, 0.25) is 0 Å². The van der Waals surface area contributed by atoms with Crippen LogP contribution < -0.4 is 14.8 Å². The highest BCUT2D eigenvalue weighted by atomic mass is 16.5. The zero-order valence-corrected chi connectivity index (χ0v) is 13.0. The Morgan fingerprint density at radius 1 is 1.48 bits per heavy atom. The fourth-order valence-corrected chi connectivity index (χ4v) is 2.56. The van der Waals surface area contributed by atoms with Crippen LogP contribution in [0.5, 0.6) is 11.5 Å². The Kier molecular flexibility index (Phi) is 5.87. The molecule has 122 valence electrons. The van der Waals surface area contributed by atoms with Gasteiger partial charge in [0.25, 0.3) is 5.91 Å². The summed E-state index contributed by atoms with van der Waals surface area (Å²) in [7, 11) is 1.50. The summed E-state index contributed by atoms with van der Waals surface area (Å²) in [6, 6.07) is 4.65. The van der Waals surface area contributed by atoms with E-state index in [1.165, 1.54) is 7.11 Å². The number of benzene rings is 1. The molecule has 1 aliphatic rings. The van der Waals surface area contributed by atoms with Gasteiger partial charge in [-0.25, -0.2) is 0 Å². The molecule has 6 heteroatoms. The van der Waals surface area contributed by atoms with Gasteiger partial charge >= 0.3 is 0 Å². The molecule has 6 nitrogen and oxygen atoms in total. The minimum Gasteiger partial charge on any atom is -0.493 e. The lowest BCUT2D eigenvalue weighted by atomic mass is 9.93. The molecule has 0 saturated heterocycles. The molecule has 1 aliphatic carbocycles. The molecular formula is C17H20N2O4. The number of nitrogens with one attached hydrogen (secondary N) is 1. The van der Waals surface area contributed by atoms with Crippen LogP contribution in [0.3, 0.4) is 0 Å². The Bertz CT molecular complexity index is 634. The van der Waals surface area contributed by atoms with Crippen LogP contribution in [0.25, 0.3) is 0 Å². The van der Waals surface area contributed by atoms with Crippen molar-refractivity contribution in [1.29, 1.82) is 0 Å². The number of oxime groups is 1. The van der Waals surface area contributed by atoms with Crippen molar-refractivity contribution >= 4 is 11.6 Å². The normalized spacial score (nSPS) is 19.0. The molecule has 0 radical (unpaired) electrons.